The van der Waals surface area contributed by atoms with E-state index in [1.165, 1.54) is 13.8 Å². The quantitative estimate of drug-likeness (QED) is 0.102. The molecule has 2 unspecified atom stereocenters. The Balaban J connectivity index is 3.70. The number of phosphoric acid groups is 1. The molecule has 0 aromatic heterocycles. The molecule has 0 amide bonds. The molecule has 40 heavy (non-hydrogen) atoms. The van der Waals surface area contributed by atoms with Gasteiger partial charge in [-0.25, -0.2) is 13.9 Å². The lowest BCUT2D eigenvalue weighted by atomic mass is 9.84. The molecule has 0 spiro atoms. The lowest BCUT2D eigenvalue weighted by Gasteiger charge is -2.47. The zero-order valence-corrected chi connectivity index (χ0v) is 25.7. The lowest BCUT2D eigenvalue weighted by molar-refractivity contribution is -0.299. The van der Waals surface area contributed by atoms with Crippen molar-refractivity contribution in [3.8, 4) is 0 Å². The molecule has 1 aliphatic heterocycles. The van der Waals surface area contributed by atoms with Crippen LogP contribution in [0.25, 0.3) is 0 Å². The van der Waals surface area contributed by atoms with Gasteiger partial charge in [0.25, 0.3) is 5.79 Å². The number of methoxy groups -OCH3 is 1. The van der Waals surface area contributed by atoms with E-state index < -0.39 is 74.2 Å². The van der Waals surface area contributed by atoms with Gasteiger partial charge in [-0.2, -0.15) is 0 Å². The first kappa shape index (κ1) is 36.0. The van der Waals surface area contributed by atoms with E-state index in [2.05, 4.69) is 0 Å². The van der Waals surface area contributed by atoms with Gasteiger partial charge in [-0.1, -0.05) is 40.5 Å². The normalized spacial score (nSPS) is 24.4. The van der Waals surface area contributed by atoms with E-state index in [9.17, 15) is 23.7 Å². The number of carbonyl (C=O) groups is 4. The van der Waals surface area contributed by atoms with Gasteiger partial charge in [0.2, 0.25) is 0 Å². The number of hydrogen-bond donors (Lipinski definition) is 0. The molecule has 1 saturated heterocycles. The second-order valence-corrected chi connectivity index (χ2v) is 11.2. The highest BCUT2D eigenvalue weighted by atomic mass is 31.2. The summed E-state index contributed by atoms with van der Waals surface area (Å²) in [4.78, 5) is 49.4. The second-order valence-electron chi connectivity index (χ2n) is 9.58. The minimum absolute atomic E-state index is 0.00476. The summed E-state index contributed by atoms with van der Waals surface area (Å²) >= 11 is 0. The average molecular weight is 597 g/mol. The fourth-order valence-corrected chi connectivity index (χ4v) is 5.64. The molecule has 1 aliphatic rings. The summed E-state index contributed by atoms with van der Waals surface area (Å²) in [5.41, 5.74) is 0. The Bertz CT molecular complexity index is 880. The predicted octanol–water partition coefficient (Wildman–Crippen LogP) is 4.24. The van der Waals surface area contributed by atoms with E-state index in [1.54, 1.807) is 13.8 Å². The van der Waals surface area contributed by atoms with Crippen molar-refractivity contribution in [1.29, 1.82) is 0 Å². The van der Waals surface area contributed by atoms with Crippen molar-refractivity contribution >= 4 is 31.7 Å². The predicted molar refractivity (Wildman–Crippen MR) is 141 cm³/mol. The zero-order chi connectivity index (χ0) is 30.5. The molecule has 0 aliphatic carbocycles. The Kier molecular flexibility index (Phi) is 15.3. The summed E-state index contributed by atoms with van der Waals surface area (Å²) in [6.45, 7) is 10.7. The third-order valence-electron chi connectivity index (χ3n) is 6.18. The van der Waals surface area contributed by atoms with Crippen molar-refractivity contribution in [1.82, 2.24) is 0 Å². The SMILES string of the molecule is CCCCOP(=O)(OCCCC)OC1(C(=O)OC)C[C@@H](OC(C)=O)[C@@H](C)C([C@H](OC(C)=O)[C@@H](CC)OC(C)=O)O1. The number of unbranched alkanes of at least 4 members (excludes halogenated alkanes) is 2. The highest BCUT2D eigenvalue weighted by molar-refractivity contribution is 7.48. The Morgan fingerprint density at radius 2 is 1.48 bits per heavy atom. The summed E-state index contributed by atoms with van der Waals surface area (Å²) in [6, 6.07) is 0. The van der Waals surface area contributed by atoms with Gasteiger partial charge in [-0.3, -0.25) is 23.4 Å². The molecule has 0 radical (unpaired) electrons. The monoisotopic (exact) mass is 596 g/mol. The van der Waals surface area contributed by atoms with Gasteiger partial charge in [0.05, 0.1) is 26.7 Å². The van der Waals surface area contributed by atoms with E-state index in [1.807, 2.05) is 13.8 Å². The van der Waals surface area contributed by atoms with Crippen molar-refractivity contribution < 1.29 is 61.0 Å². The largest absolute Gasteiger partial charge is 0.477 e. The smallest absolute Gasteiger partial charge is 0.465 e. The molecule has 14 heteroatoms. The summed E-state index contributed by atoms with van der Waals surface area (Å²) in [6.07, 6.45) is -2.33. The van der Waals surface area contributed by atoms with Crippen LogP contribution in [0.1, 0.15) is 87.0 Å². The summed E-state index contributed by atoms with van der Waals surface area (Å²) < 4.78 is 58.4. The van der Waals surface area contributed by atoms with Gasteiger partial charge in [-0.15, -0.1) is 0 Å². The molecule has 6 atom stereocenters. The minimum atomic E-state index is -4.46. The molecule has 0 aromatic carbocycles. The summed E-state index contributed by atoms with van der Waals surface area (Å²) in [5.74, 6) is -6.33. The maximum absolute atomic E-state index is 13.8. The third-order valence-corrected chi connectivity index (χ3v) is 7.70. The molecule has 13 nitrogen and oxygen atoms in total. The number of ether oxygens (including phenoxy) is 5. The zero-order valence-electron chi connectivity index (χ0n) is 24.8. The van der Waals surface area contributed by atoms with Crippen LogP contribution in [0.3, 0.4) is 0 Å². The Hall–Kier alpha value is -2.05. The van der Waals surface area contributed by atoms with Gasteiger partial charge in [0.15, 0.2) is 6.10 Å². The molecular formula is C26H45O13P. The van der Waals surface area contributed by atoms with Crippen molar-refractivity contribution in [3.63, 3.8) is 0 Å². The van der Waals surface area contributed by atoms with Crippen LogP contribution >= 0.6 is 7.82 Å². The molecule has 232 valence electrons. The van der Waals surface area contributed by atoms with E-state index in [-0.39, 0.29) is 19.6 Å². The average Bonchev–Trinajstić information content (AvgIpc) is 2.87. The maximum Gasteiger partial charge on any atom is 0.477 e. The molecule has 0 aromatic rings. The van der Waals surface area contributed by atoms with Crippen molar-refractivity contribution in [2.24, 2.45) is 5.92 Å². The standard InChI is InChI=1S/C26H45O13P/c1-9-12-14-33-40(31,34-15-13-10-2)39-26(25(30)32-8)16-22(36-19(6)28)17(4)23(38-26)24(37-20(7)29)21(11-3)35-18(5)27/h17,21-24H,9-16H2,1-8H3/t17-,21-,22-,23?,24-,26?/m1/s1. The third kappa shape index (κ3) is 10.7. The van der Waals surface area contributed by atoms with Gasteiger partial charge in [0, 0.05) is 26.7 Å². The second kappa shape index (κ2) is 17.0. The van der Waals surface area contributed by atoms with Crippen LogP contribution in [0.2, 0.25) is 0 Å². The summed E-state index contributed by atoms with van der Waals surface area (Å²) in [5, 5.41) is 0. The molecule has 0 bridgehead atoms. The number of rotatable bonds is 17. The Morgan fingerprint density at radius 3 is 1.90 bits per heavy atom. The van der Waals surface area contributed by atoms with Crippen LogP contribution in [0, 0.1) is 5.92 Å². The van der Waals surface area contributed by atoms with Crippen LogP contribution in [0.5, 0.6) is 0 Å². The van der Waals surface area contributed by atoms with Crippen molar-refractivity contribution in [2.45, 2.75) is 117 Å². The molecule has 0 saturated carbocycles. The van der Waals surface area contributed by atoms with E-state index in [0.717, 1.165) is 26.9 Å². The van der Waals surface area contributed by atoms with Crippen molar-refractivity contribution in [3.05, 3.63) is 0 Å². The molecule has 1 heterocycles. The van der Waals surface area contributed by atoms with E-state index in [0.29, 0.717) is 12.8 Å². The molecule has 1 fully saturated rings. The molecule has 0 N–H and O–H groups in total. The van der Waals surface area contributed by atoms with Crippen molar-refractivity contribution in [2.75, 3.05) is 20.3 Å². The highest BCUT2D eigenvalue weighted by Gasteiger charge is 2.60. The maximum atomic E-state index is 13.8. The van der Waals surface area contributed by atoms with E-state index >= 15 is 0 Å². The fraction of sp³-hybridized carbons (Fsp3) is 0.846. The molecular weight excluding hydrogens is 551 g/mol. The lowest BCUT2D eigenvalue weighted by Crippen LogP contribution is -2.62. The topological polar surface area (TPSA) is 159 Å². The Labute approximate surface area is 236 Å². The first-order chi connectivity index (χ1) is 18.8. The number of esters is 4. The minimum Gasteiger partial charge on any atom is -0.465 e. The number of hydrogen-bond acceptors (Lipinski definition) is 13. The fourth-order valence-electron chi connectivity index (χ4n) is 4.20. The highest BCUT2D eigenvalue weighted by Crippen LogP contribution is 2.56. The van der Waals surface area contributed by atoms with Gasteiger partial charge in [0.1, 0.15) is 18.3 Å². The first-order valence-corrected chi connectivity index (χ1v) is 15.1. The van der Waals surface area contributed by atoms with Gasteiger partial charge in [-0.05, 0) is 19.3 Å². The van der Waals surface area contributed by atoms with Gasteiger partial charge >= 0.3 is 31.7 Å². The van der Waals surface area contributed by atoms with E-state index in [4.69, 9.17) is 37.3 Å². The van der Waals surface area contributed by atoms with Crippen LogP contribution in [0.15, 0.2) is 0 Å². The number of carbonyl (C=O) groups excluding carboxylic acids is 4. The van der Waals surface area contributed by atoms with Crippen LogP contribution in [0.4, 0.5) is 0 Å². The van der Waals surface area contributed by atoms with Crippen LogP contribution < -0.4 is 0 Å². The van der Waals surface area contributed by atoms with Crippen LogP contribution in [-0.2, 0) is 61.0 Å². The first-order valence-electron chi connectivity index (χ1n) is 13.7. The summed E-state index contributed by atoms with van der Waals surface area (Å²) in [7, 11) is -3.38. The number of phosphoric ester groups is 1. The van der Waals surface area contributed by atoms with Crippen LogP contribution in [-0.4, -0.2) is 74.4 Å². The van der Waals surface area contributed by atoms with Gasteiger partial charge < -0.3 is 23.7 Å². The Morgan fingerprint density at radius 1 is 0.925 bits per heavy atom. The molecule has 1 rings (SSSR count).